The van der Waals surface area contributed by atoms with Crippen LogP contribution in [0.3, 0.4) is 0 Å². The van der Waals surface area contributed by atoms with Crippen LogP contribution in [0.15, 0.2) is 52.7 Å². The summed E-state index contributed by atoms with van der Waals surface area (Å²) in [5, 5.41) is 17.6. The first-order chi connectivity index (χ1) is 10.9. The van der Waals surface area contributed by atoms with Crippen molar-refractivity contribution in [2.24, 2.45) is 10.2 Å². The van der Waals surface area contributed by atoms with Gasteiger partial charge in [0, 0.05) is 0 Å². The van der Waals surface area contributed by atoms with Crippen molar-refractivity contribution in [3.8, 4) is 0 Å². The minimum atomic E-state index is -0.944. The van der Waals surface area contributed by atoms with Gasteiger partial charge in [-0.3, -0.25) is 0 Å². The van der Waals surface area contributed by atoms with Gasteiger partial charge in [0.1, 0.15) is 0 Å². The molecule has 4 heteroatoms. The van der Waals surface area contributed by atoms with Gasteiger partial charge in [0.15, 0.2) is 0 Å². The number of hydrogen-bond acceptors (Lipinski definition) is 3. The van der Waals surface area contributed by atoms with Gasteiger partial charge in [0.2, 0.25) is 0 Å². The molecule has 0 amide bonds. The molecular formula is C19H22N2O2. The highest BCUT2D eigenvalue weighted by Crippen LogP contribution is 2.31. The summed E-state index contributed by atoms with van der Waals surface area (Å²) in [4.78, 5) is 10.9. The average Bonchev–Trinajstić information content (AvgIpc) is 2.52. The third-order valence-electron chi connectivity index (χ3n) is 3.73. The lowest BCUT2D eigenvalue weighted by Crippen LogP contribution is -1.94. The summed E-state index contributed by atoms with van der Waals surface area (Å²) < 4.78 is 0. The largest absolute Gasteiger partial charge is 0.478 e. The molecule has 0 spiro atoms. The van der Waals surface area contributed by atoms with Gasteiger partial charge in [0.25, 0.3) is 0 Å². The van der Waals surface area contributed by atoms with E-state index in [1.807, 2.05) is 0 Å². The number of hydrogen-bond donors (Lipinski definition) is 1. The van der Waals surface area contributed by atoms with E-state index in [2.05, 4.69) is 56.1 Å². The number of benzene rings is 2. The Labute approximate surface area is 136 Å². The van der Waals surface area contributed by atoms with Gasteiger partial charge in [-0.15, -0.1) is 0 Å². The molecule has 2 aromatic carbocycles. The van der Waals surface area contributed by atoms with Crippen molar-refractivity contribution in [1.29, 1.82) is 0 Å². The number of nitrogens with zero attached hydrogens (tertiary/aromatic N) is 2. The number of aromatic carboxylic acids is 1. The summed E-state index contributed by atoms with van der Waals surface area (Å²) in [6.07, 6.45) is 0. The second-order valence-corrected chi connectivity index (χ2v) is 6.18. The first kappa shape index (κ1) is 16.9. The van der Waals surface area contributed by atoms with Crippen molar-refractivity contribution >= 4 is 17.3 Å². The predicted octanol–water partition coefficient (Wildman–Crippen LogP) is 6.05. The van der Waals surface area contributed by atoms with Crippen molar-refractivity contribution in [3.63, 3.8) is 0 Å². The Hall–Kier alpha value is -2.49. The van der Waals surface area contributed by atoms with Crippen LogP contribution in [0, 0.1) is 0 Å². The standard InChI is InChI=1S/C19H22N2O2/c1-12(2)15-7-10-17(13(3)4)18(11-15)21-20-16-8-5-14(6-9-16)19(22)23/h5-13H,1-4H3,(H,22,23). The Morgan fingerprint density at radius 3 is 2.09 bits per heavy atom. The Morgan fingerprint density at radius 1 is 0.913 bits per heavy atom. The second-order valence-electron chi connectivity index (χ2n) is 6.18. The van der Waals surface area contributed by atoms with Crippen LogP contribution in [0.5, 0.6) is 0 Å². The van der Waals surface area contributed by atoms with E-state index in [-0.39, 0.29) is 5.56 Å². The van der Waals surface area contributed by atoms with Gasteiger partial charge < -0.3 is 5.11 Å². The summed E-state index contributed by atoms with van der Waals surface area (Å²) in [6, 6.07) is 12.7. The van der Waals surface area contributed by atoms with Crippen LogP contribution in [0.2, 0.25) is 0 Å². The van der Waals surface area contributed by atoms with E-state index in [1.165, 1.54) is 17.7 Å². The van der Waals surface area contributed by atoms with Crippen LogP contribution < -0.4 is 0 Å². The summed E-state index contributed by atoms with van der Waals surface area (Å²) in [6.45, 7) is 8.56. The third kappa shape index (κ3) is 4.25. The monoisotopic (exact) mass is 310 g/mol. The lowest BCUT2D eigenvalue weighted by molar-refractivity contribution is 0.0697. The fraction of sp³-hybridized carbons (Fsp3) is 0.316. The summed E-state index contributed by atoms with van der Waals surface area (Å²) >= 11 is 0. The summed E-state index contributed by atoms with van der Waals surface area (Å²) in [5.74, 6) is -0.153. The predicted molar refractivity (Wildman–Crippen MR) is 92.2 cm³/mol. The zero-order valence-electron chi connectivity index (χ0n) is 13.9. The van der Waals surface area contributed by atoms with Crippen molar-refractivity contribution in [1.82, 2.24) is 0 Å². The molecular weight excluding hydrogens is 288 g/mol. The Morgan fingerprint density at radius 2 is 1.57 bits per heavy atom. The number of carbonyl (C=O) groups is 1. The Kier molecular flexibility index (Phi) is 5.27. The SMILES string of the molecule is CC(C)c1ccc(C(C)C)c(N=Nc2ccc(C(=O)O)cc2)c1. The summed E-state index contributed by atoms with van der Waals surface area (Å²) in [7, 11) is 0. The lowest BCUT2D eigenvalue weighted by atomic mass is 9.95. The maximum absolute atomic E-state index is 10.9. The topological polar surface area (TPSA) is 62.0 Å². The van der Waals surface area contributed by atoms with Crippen molar-refractivity contribution < 1.29 is 9.90 Å². The fourth-order valence-electron chi connectivity index (χ4n) is 2.28. The smallest absolute Gasteiger partial charge is 0.335 e. The highest BCUT2D eigenvalue weighted by molar-refractivity contribution is 5.87. The first-order valence-electron chi connectivity index (χ1n) is 7.77. The molecule has 0 radical (unpaired) electrons. The molecule has 120 valence electrons. The van der Waals surface area contributed by atoms with E-state index >= 15 is 0 Å². The van der Waals surface area contributed by atoms with E-state index in [4.69, 9.17) is 5.11 Å². The summed E-state index contributed by atoms with van der Waals surface area (Å²) in [5.41, 5.74) is 4.13. The van der Waals surface area contributed by atoms with Crippen LogP contribution in [0.4, 0.5) is 11.4 Å². The maximum atomic E-state index is 10.9. The van der Waals surface area contributed by atoms with Gasteiger partial charge in [-0.1, -0.05) is 39.8 Å². The van der Waals surface area contributed by atoms with Crippen LogP contribution in [-0.2, 0) is 0 Å². The molecule has 2 aromatic rings. The number of rotatable bonds is 5. The van der Waals surface area contributed by atoms with E-state index in [1.54, 1.807) is 12.1 Å². The van der Waals surface area contributed by atoms with E-state index in [0.717, 1.165) is 11.3 Å². The molecule has 4 nitrogen and oxygen atoms in total. The molecule has 0 aliphatic carbocycles. The zero-order chi connectivity index (χ0) is 17.0. The number of carboxylic acids is 1. The Balaban J connectivity index is 2.33. The van der Waals surface area contributed by atoms with E-state index in [0.29, 0.717) is 17.5 Å². The van der Waals surface area contributed by atoms with Crippen LogP contribution in [0.25, 0.3) is 0 Å². The molecule has 0 saturated carbocycles. The molecule has 0 aliphatic rings. The second kappa shape index (κ2) is 7.18. The molecule has 0 heterocycles. The molecule has 0 aliphatic heterocycles. The Bertz CT molecular complexity index is 717. The van der Waals surface area contributed by atoms with E-state index < -0.39 is 5.97 Å². The van der Waals surface area contributed by atoms with Crippen LogP contribution in [0.1, 0.15) is 61.0 Å². The van der Waals surface area contributed by atoms with E-state index in [9.17, 15) is 4.79 Å². The average molecular weight is 310 g/mol. The maximum Gasteiger partial charge on any atom is 0.335 e. The normalized spacial score (nSPS) is 11.6. The van der Waals surface area contributed by atoms with Crippen molar-refractivity contribution in [2.75, 3.05) is 0 Å². The highest BCUT2D eigenvalue weighted by Gasteiger charge is 2.09. The molecule has 0 atom stereocenters. The molecule has 23 heavy (non-hydrogen) atoms. The van der Waals surface area contributed by atoms with Gasteiger partial charge in [-0.05, 0) is 53.3 Å². The van der Waals surface area contributed by atoms with Crippen LogP contribution >= 0.6 is 0 Å². The number of carboxylic acid groups (broad SMARTS) is 1. The minimum Gasteiger partial charge on any atom is -0.478 e. The van der Waals surface area contributed by atoms with Gasteiger partial charge in [-0.2, -0.15) is 10.2 Å². The van der Waals surface area contributed by atoms with Gasteiger partial charge in [-0.25, -0.2) is 4.79 Å². The molecule has 0 bridgehead atoms. The molecule has 1 N–H and O–H groups in total. The molecule has 0 saturated heterocycles. The molecule has 2 rings (SSSR count). The molecule has 0 unspecified atom stereocenters. The quantitative estimate of drug-likeness (QED) is 0.683. The first-order valence-corrected chi connectivity index (χ1v) is 7.77. The van der Waals surface area contributed by atoms with Gasteiger partial charge >= 0.3 is 5.97 Å². The molecule has 0 fully saturated rings. The third-order valence-corrected chi connectivity index (χ3v) is 3.73. The van der Waals surface area contributed by atoms with Crippen molar-refractivity contribution in [2.45, 2.75) is 39.5 Å². The highest BCUT2D eigenvalue weighted by atomic mass is 16.4. The lowest BCUT2D eigenvalue weighted by Gasteiger charge is -2.12. The van der Waals surface area contributed by atoms with Crippen LogP contribution in [-0.4, -0.2) is 11.1 Å². The van der Waals surface area contributed by atoms with Crippen molar-refractivity contribution in [3.05, 3.63) is 59.2 Å². The fourth-order valence-corrected chi connectivity index (χ4v) is 2.28. The van der Waals surface area contributed by atoms with Gasteiger partial charge in [0.05, 0.1) is 16.9 Å². The number of azo groups is 1. The minimum absolute atomic E-state index is 0.244. The zero-order valence-corrected chi connectivity index (χ0v) is 13.9. The molecule has 0 aromatic heterocycles.